The molecule has 2 N–H and O–H groups in total. The van der Waals surface area contributed by atoms with Crippen LogP contribution in [0.5, 0.6) is 0 Å². The summed E-state index contributed by atoms with van der Waals surface area (Å²) in [4.78, 5) is 11.8. The van der Waals surface area contributed by atoms with Crippen LogP contribution in [0.25, 0.3) is 11.3 Å². The standard InChI is InChI=1S/C14H14F3N3O2/c1-3-22-13(21)12-10(18)11(19-20(12)2)8-4-6-9(7-5-8)14(15,16)17/h4-7H,3,18H2,1-2H3. The highest BCUT2D eigenvalue weighted by molar-refractivity contribution is 5.97. The monoisotopic (exact) mass is 313 g/mol. The van der Waals surface area contributed by atoms with E-state index >= 15 is 0 Å². The van der Waals surface area contributed by atoms with E-state index in [4.69, 9.17) is 10.5 Å². The fourth-order valence-corrected chi connectivity index (χ4v) is 2.01. The number of aryl methyl sites for hydroxylation is 1. The van der Waals surface area contributed by atoms with Crippen molar-refractivity contribution in [3.05, 3.63) is 35.5 Å². The Morgan fingerprint density at radius 3 is 2.41 bits per heavy atom. The van der Waals surface area contributed by atoms with Crippen molar-refractivity contribution in [2.75, 3.05) is 12.3 Å². The smallest absolute Gasteiger partial charge is 0.416 e. The minimum atomic E-state index is -4.41. The number of carbonyl (C=O) groups excluding carboxylic acids is 1. The second kappa shape index (κ2) is 5.70. The summed E-state index contributed by atoms with van der Waals surface area (Å²) in [5.41, 5.74) is 5.88. The van der Waals surface area contributed by atoms with E-state index in [0.717, 1.165) is 12.1 Å². The van der Waals surface area contributed by atoms with Gasteiger partial charge in [0.25, 0.3) is 0 Å². The number of ether oxygens (including phenoxy) is 1. The molecule has 0 atom stereocenters. The summed E-state index contributed by atoms with van der Waals surface area (Å²) < 4.78 is 43.8. The molecule has 0 amide bonds. The van der Waals surface area contributed by atoms with Crippen LogP contribution in [-0.2, 0) is 18.0 Å². The van der Waals surface area contributed by atoms with Crippen molar-refractivity contribution in [3.8, 4) is 11.3 Å². The molecule has 1 heterocycles. The van der Waals surface area contributed by atoms with Gasteiger partial charge in [-0.15, -0.1) is 0 Å². The van der Waals surface area contributed by atoms with Gasteiger partial charge in [-0.1, -0.05) is 12.1 Å². The van der Waals surface area contributed by atoms with Crippen LogP contribution in [0.15, 0.2) is 24.3 Å². The third-order valence-electron chi connectivity index (χ3n) is 3.04. The first-order chi connectivity index (χ1) is 10.3. The van der Waals surface area contributed by atoms with Crippen LogP contribution >= 0.6 is 0 Å². The Bertz CT molecular complexity index is 691. The van der Waals surface area contributed by atoms with Gasteiger partial charge >= 0.3 is 12.1 Å². The molecule has 118 valence electrons. The number of rotatable bonds is 3. The number of nitrogens with two attached hydrogens (primary N) is 1. The van der Waals surface area contributed by atoms with Crippen LogP contribution in [0.3, 0.4) is 0 Å². The van der Waals surface area contributed by atoms with Gasteiger partial charge in [0.2, 0.25) is 0 Å². The van der Waals surface area contributed by atoms with Crippen molar-refractivity contribution >= 4 is 11.7 Å². The van der Waals surface area contributed by atoms with Crippen molar-refractivity contribution < 1.29 is 22.7 Å². The number of anilines is 1. The quantitative estimate of drug-likeness (QED) is 0.885. The normalized spacial score (nSPS) is 11.5. The fourth-order valence-electron chi connectivity index (χ4n) is 2.01. The first kappa shape index (κ1) is 15.9. The molecule has 0 fully saturated rings. The van der Waals surface area contributed by atoms with Gasteiger partial charge in [-0.2, -0.15) is 18.3 Å². The van der Waals surface area contributed by atoms with Crippen LogP contribution in [0.1, 0.15) is 23.0 Å². The molecule has 0 saturated carbocycles. The first-order valence-corrected chi connectivity index (χ1v) is 6.43. The van der Waals surface area contributed by atoms with E-state index in [9.17, 15) is 18.0 Å². The van der Waals surface area contributed by atoms with Crippen LogP contribution in [0.4, 0.5) is 18.9 Å². The number of nitrogens with zero attached hydrogens (tertiary/aromatic N) is 2. The van der Waals surface area contributed by atoms with E-state index in [0.29, 0.717) is 5.56 Å². The van der Waals surface area contributed by atoms with Crippen molar-refractivity contribution in [2.45, 2.75) is 13.1 Å². The van der Waals surface area contributed by atoms with E-state index in [2.05, 4.69) is 5.10 Å². The van der Waals surface area contributed by atoms with E-state index in [1.807, 2.05) is 0 Å². The lowest BCUT2D eigenvalue weighted by molar-refractivity contribution is -0.137. The fraction of sp³-hybridized carbons (Fsp3) is 0.286. The number of hydrogen-bond donors (Lipinski definition) is 1. The molecule has 0 saturated heterocycles. The maximum Gasteiger partial charge on any atom is 0.416 e. The van der Waals surface area contributed by atoms with Crippen molar-refractivity contribution in [1.29, 1.82) is 0 Å². The van der Waals surface area contributed by atoms with Crippen LogP contribution < -0.4 is 5.73 Å². The van der Waals surface area contributed by atoms with Gasteiger partial charge < -0.3 is 10.5 Å². The van der Waals surface area contributed by atoms with Gasteiger partial charge in [0.05, 0.1) is 17.9 Å². The highest BCUT2D eigenvalue weighted by Gasteiger charge is 2.30. The molecule has 0 radical (unpaired) electrons. The largest absolute Gasteiger partial charge is 0.461 e. The molecule has 0 spiro atoms. The summed E-state index contributed by atoms with van der Waals surface area (Å²) in [6.07, 6.45) is -4.41. The molecule has 0 aliphatic heterocycles. The molecule has 0 bridgehead atoms. The summed E-state index contributed by atoms with van der Waals surface area (Å²) in [7, 11) is 1.51. The number of esters is 1. The molecular weight excluding hydrogens is 299 g/mol. The van der Waals surface area contributed by atoms with Gasteiger partial charge in [0.15, 0.2) is 5.69 Å². The summed E-state index contributed by atoms with van der Waals surface area (Å²) in [5.74, 6) is -0.631. The van der Waals surface area contributed by atoms with Crippen molar-refractivity contribution in [3.63, 3.8) is 0 Å². The first-order valence-electron chi connectivity index (χ1n) is 6.43. The van der Waals surface area contributed by atoms with E-state index in [-0.39, 0.29) is 23.7 Å². The molecule has 2 rings (SSSR count). The third-order valence-corrected chi connectivity index (χ3v) is 3.04. The predicted octanol–water partition coefficient (Wildman–Crippen LogP) is 2.86. The Morgan fingerprint density at radius 2 is 1.91 bits per heavy atom. The average Bonchev–Trinajstić information content (AvgIpc) is 2.73. The Labute approximate surface area is 124 Å². The van der Waals surface area contributed by atoms with E-state index < -0.39 is 17.7 Å². The Morgan fingerprint density at radius 1 is 1.32 bits per heavy atom. The van der Waals surface area contributed by atoms with Gasteiger partial charge in [0.1, 0.15) is 5.69 Å². The zero-order valence-electron chi connectivity index (χ0n) is 11.9. The maximum absolute atomic E-state index is 12.6. The zero-order valence-corrected chi connectivity index (χ0v) is 11.9. The van der Waals surface area contributed by atoms with Crippen molar-refractivity contribution in [2.24, 2.45) is 7.05 Å². The molecule has 22 heavy (non-hydrogen) atoms. The minimum absolute atomic E-state index is 0.0664. The highest BCUT2D eigenvalue weighted by atomic mass is 19.4. The van der Waals surface area contributed by atoms with E-state index in [1.54, 1.807) is 6.92 Å². The number of halogens is 3. The van der Waals surface area contributed by atoms with Crippen LogP contribution in [0, 0.1) is 0 Å². The van der Waals surface area contributed by atoms with Crippen molar-refractivity contribution in [1.82, 2.24) is 9.78 Å². The number of carbonyl (C=O) groups is 1. The topological polar surface area (TPSA) is 70.1 Å². The molecule has 8 heteroatoms. The third kappa shape index (κ3) is 2.90. The molecule has 0 aliphatic carbocycles. The molecule has 0 aliphatic rings. The Balaban J connectivity index is 2.42. The summed E-state index contributed by atoms with van der Waals surface area (Å²) in [6.45, 7) is 1.83. The van der Waals surface area contributed by atoms with Crippen LogP contribution in [-0.4, -0.2) is 22.4 Å². The number of benzene rings is 1. The zero-order chi connectivity index (χ0) is 16.5. The Kier molecular flexibility index (Phi) is 4.11. The lowest BCUT2D eigenvalue weighted by Crippen LogP contribution is -2.12. The molecule has 5 nitrogen and oxygen atoms in total. The Hall–Kier alpha value is -2.51. The molecule has 0 unspecified atom stereocenters. The lowest BCUT2D eigenvalue weighted by Gasteiger charge is -2.07. The highest BCUT2D eigenvalue weighted by Crippen LogP contribution is 2.33. The second-order valence-corrected chi connectivity index (χ2v) is 4.53. The van der Waals surface area contributed by atoms with Crippen LogP contribution in [0.2, 0.25) is 0 Å². The van der Waals surface area contributed by atoms with Gasteiger partial charge in [-0.3, -0.25) is 4.68 Å². The number of aromatic nitrogens is 2. The molecular formula is C14H14F3N3O2. The molecule has 1 aromatic carbocycles. The summed E-state index contributed by atoms with van der Waals surface area (Å²) >= 11 is 0. The lowest BCUT2D eigenvalue weighted by atomic mass is 10.1. The summed E-state index contributed by atoms with van der Waals surface area (Å²) in [5, 5.41) is 4.09. The molecule has 1 aromatic heterocycles. The SMILES string of the molecule is CCOC(=O)c1c(N)c(-c2ccc(C(F)(F)F)cc2)nn1C. The van der Waals surface area contributed by atoms with Gasteiger partial charge in [0, 0.05) is 12.6 Å². The van der Waals surface area contributed by atoms with Gasteiger partial charge in [-0.05, 0) is 19.1 Å². The predicted molar refractivity (Wildman–Crippen MR) is 74.0 cm³/mol. The molecule has 2 aromatic rings. The number of nitrogen functional groups attached to an aromatic ring is 1. The maximum atomic E-state index is 12.6. The second-order valence-electron chi connectivity index (χ2n) is 4.53. The number of hydrogen-bond acceptors (Lipinski definition) is 4. The average molecular weight is 313 g/mol. The van der Waals surface area contributed by atoms with Gasteiger partial charge in [-0.25, -0.2) is 4.79 Å². The minimum Gasteiger partial charge on any atom is -0.461 e. The number of alkyl halides is 3. The summed E-state index contributed by atoms with van der Waals surface area (Å²) in [6, 6.07) is 4.40. The van der Waals surface area contributed by atoms with E-state index in [1.165, 1.54) is 23.9 Å².